The Kier molecular flexibility index (Phi) is 2.97. The van der Waals surface area contributed by atoms with Gasteiger partial charge in [-0.1, -0.05) is 6.92 Å². The Morgan fingerprint density at radius 1 is 1.19 bits per heavy atom. The number of rotatable bonds is 1. The summed E-state index contributed by atoms with van der Waals surface area (Å²) in [5.74, 6) is 1.75. The molecular formula is C14H25NO. The molecule has 3 atom stereocenters. The summed E-state index contributed by atoms with van der Waals surface area (Å²) in [4.78, 5) is 0. The number of piperidine rings is 1. The van der Waals surface area contributed by atoms with E-state index in [1.165, 1.54) is 51.5 Å². The molecule has 3 unspecified atom stereocenters. The van der Waals surface area contributed by atoms with Gasteiger partial charge in [0.2, 0.25) is 0 Å². The zero-order valence-corrected chi connectivity index (χ0v) is 10.5. The van der Waals surface area contributed by atoms with Crippen molar-refractivity contribution in [2.24, 2.45) is 11.8 Å². The first-order valence-corrected chi connectivity index (χ1v) is 7.16. The molecule has 2 heterocycles. The number of nitrogens with one attached hydrogen (secondary N) is 1. The largest absolute Gasteiger partial charge is 0.375 e. The molecule has 1 aliphatic carbocycles. The van der Waals surface area contributed by atoms with Crippen LogP contribution in [0.15, 0.2) is 0 Å². The summed E-state index contributed by atoms with van der Waals surface area (Å²) in [6, 6.07) is 0.773. The molecule has 16 heavy (non-hydrogen) atoms. The lowest BCUT2D eigenvalue weighted by atomic mass is 9.68. The zero-order chi connectivity index (χ0) is 11.0. The molecule has 0 aromatic carbocycles. The summed E-state index contributed by atoms with van der Waals surface area (Å²) in [5.41, 5.74) is 0.321. The smallest absolute Gasteiger partial charge is 0.0685 e. The van der Waals surface area contributed by atoms with Crippen molar-refractivity contribution < 1.29 is 4.74 Å². The normalized spacial score (nSPS) is 42.9. The quantitative estimate of drug-likeness (QED) is 0.738. The third kappa shape index (κ3) is 1.91. The molecule has 0 aromatic rings. The van der Waals surface area contributed by atoms with Gasteiger partial charge in [0.25, 0.3) is 0 Å². The maximum atomic E-state index is 6.03. The van der Waals surface area contributed by atoms with Crippen LogP contribution in [-0.2, 0) is 4.74 Å². The third-order valence-electron chi connectivity index (χ3n) is 5.13. The van der Waals surface area contributed by atoms with E-state index >= 15 is 0 Å². The second-order valence-electron chi connectivity index (χ2n) is 6.24. The van der Waals surface area contributed by atoms with Crippen LogP contribution in [0.25, 0.3) is 0 Å². The fourth-order valence-corrected chi connectivity index (χ4v) is 4.00. The van der Waals surface area contributed by atoms with Crippen LogP contribution in [0.3, 0.4) is 0 Å². The van der Waals surface area contributed by atoms with Crippen molar-refractivity contribution >= 4 is 0 Å². The average Bonchev–Trinajstić information content (AvgIpc) is 2.28. The van der Waals surface area contributed by atoms with E-state index in [4.69, 9.17) is 4.74 Å². The number of hydrogen-bond acceptors (Lipinski definition) is 2. The summed E-state index contributed by atoms with van der Waals surface area (Å²) in [6.07, 6.45) is 9.43. The Hall–Kier alpha value is -0.0800. The van der Waals surface area contributed by atoms with E-state index in [1.54, 1.807) is 0 Å². The van der Waals surface area contributed by atoms with E-state index in [-0.39, 0.29) is 0 Å². The first kappa shape index (κ1) is 11.0. The van der Waals surface area contributed by atoms with Crippen LogP contribution in [0.2, 0.25) is 0 Å². The number of ether oxygens (including phenoxy) is 1. The van der Waals surface area contributed by atoms with Crippen LogP contribution < -0.4 is 5.32 Å². The first-order valence-electron chi connectivity index (χ1n) is 7.16. The minimum absolute atomic E-state index is 0.321. The summed E-state index contributed by atoms with van der Waals surface area (Å²) < 4.78 is 6.03. The lowest BCUT2D eigenvalue weighted by Gasteiger charge is -2.50. The van der Waals surface area contributed by atoms with Gasteiger partial charge in [0.15, 0.2) is 0 Å². The molecule has 0 aromatic heterocycles. The zero-order valence-electron chi connectivity index (χ0n) is 10.5. The van der Waals surface area contributed by atoms with Crippen LogP contribution in [0.5, 0.6) is 0 Å². The van der Waals surface area contributed by atoms with Crippen molar-refractivity contribution in [2.75, 3.05) is 13.2 Å². The minimum atomic E-state index is 0.321. The highest BCUT2D eigenvalue weighted by Crippen LogP contribution is 2.46. The lowest BCUT2D eigenvalue weighted by molar-refractivity contribution is -0.149. The van der Waals surface area contributed by atoms with Crippen molar-refractivity contribution in [3.63, 3.8) is 0 Å². The van der Waals surface area contributed by atoms with Crippen molar-refractivity contribution in [3.8, 4) is 0 Å². The first-order chi connectivity index (χ1) is 7.79. The topological polar surface area (TPSA) is 21.3 Å². The van der Waals surface area contributed by atoms with E-state index < -0.39 is 0 Å². The second kappa shape index (κ2) is 4.30. The second-order valence-corrected chi connectivity index (χ2v) is 6.24. The van der Waals surface area contributed by atoms with Gasteiger partial charge in [-0.25, -0.2) is 0 Å². The van der Waals surface area contributed by atoms with Crippen LogP contribution in [0.4, 0.5) is 0 Å². The molecular weight excluding hydrogens is 198 g/mol. The maximum Gasteiger partial charge on any atom is 0.0685 e. The summed E-state index contributed by atoms with van der Waals surface area (Å²) in [5, 5.41) is 3.77. The minimum Gasteiger partial charge on any atom is -0.375 e. The Morgan fingerprint density at radius 2 is 2.06 bits per heavy atom. The number of hydrogen-bond donors (Lipinski definition) is 1. The summed E-state index contributed by atoms with van der Waals surface area (Å²) >= 11 is 0. The Bertz CT molecular complexity index is 249. The fourth-order valence-electron chi connectivity index (χ4n) is 4.00. The summed E-state index contributed by atoms with van der Waals surface area (Å²) in [7, 11) is 0. The van der Waals surface area contributed by atoms with Gasteiger partial charge >= 0.3 is 0 Å². The Balaban J connectivity index is 1.64. The Morgan fingerprint density at radius 3 is 2.75 bits per heavy atom. The van der Waals surface area contributed by atoms with Crippen molar-refractivity contribution in [3.05, 3.63) is 0 Å². The molecule has 3 rings (SSSR count). The van der Waals surface area contributed by atoms with E-state index in [9.17, 15) is 0 Å². The monoisotopic (exact) mass is 223 g/mol. The van der Waals surface area contributed by atoms with Gasteiger partial charge in [0, 0.05) is 12.6 Å². The SMILES string of the molecule is CC1CCCNC1C1CCOC2(CCC2)C1. The van der Waals surface area contributed by atoms with Crippen molar-refractivity contribution in [2.45, 2.75) is 63.5 Å². The molecule has 3 fully saturated rings. The van der Waals surface area contributed by atoms with Gasteiger partial charge in [-0.15, -0.1) is 0 Å². The van der Waals surface area contributed by atoms with Crippen molar-refractivity contribution in [1.29, 1.82) is 0 Å². The lowest BCUT2D eigenvalue weighted by Crippen LogP contribution is -2.53. The predicted molar refractivity (Wildman–Crippen MR) is 65.4 cm³/mol. The van der Waals surface area contributed by atoms with Gasteiger partial charge in [-0.3, -0.25) is 0 Å². The van der Waals surface area contributed by atoms with E-state index in [1.807, 2.05) is 0 Å². The molecule has 3 aliphatic rings. The van der Waals surface area contributed by atoms with Crippen LogP contribution in [-0.4, -0.2) is 24.8 Å². The van der Waals surface area contributed by atoms with Crippen LogP contribution >= 0.6 is 0 Å². The Labute approximate surface area is 99.1 Å². The van der Waals surface area contributed by atoms with E-state index in [0.717, 1.165) is 24.5 Å². The average molecular weight is 223 g/mol. The van der Waals surface area contributed by atoms with Crippen LogP contribution in [0, 0.1) is 11.8 Å². The van der Waals surface area contributed by atoms with E-state index in [0.29, 0.717) is 5.60 Å². The predicted octanol–water partition coefficient (Wildman–Crippen LogP) is 2.72. The molecule has 92 valence electrons. The molecule has 2 nitrogen and oxygen atoms in total. The highest BCUT2D eigenvalue weighted by Gasteiger charge is 2.45. The van der Waals surface area contributed by atoms with Gasteiger partial charge in [0.05, 0.1) is 5.60 Å². The maximum absolute atomic E-state index is 6.03. The summed E-state index contributed by atoms with van der Waals surface area (Å²) in [6.45, 7) is 4.68. The van der Waals surface area contributed by atoms with E-state index in [2.05, 4.69) is 12.2 Å². The molecule has 2 aliphatic heterocycles. The van der Waals surface area contributed by atoms with Crippen LogP contribution in [0.1, 0.15) is 51.9 Å². The van der Waals surface area contributed by atoms with Gasteiger partial charge in [0.1, 0.15) is 0 Å². The highest BCUT2D eigenvalue weighted by molar-refractivity contribution is 4.98. The van der Waals surface area contributed by atoms with Crippen molar-refractivity contribution in [1.82, 2.24) is 5.32 Å². The molecule has 0 radical (unpaired) electrons. The molecule has 1 saturated carbocycles. The molecule has 1 N–H and O–H groups in total. The third-order valence-corrected chi connectivity index (χ3v) is 5.13. The molecule has 2 heteroatoms. The molecule has 2 saturated heterocycles. The molecule has 0 bridgehead atoms. The van der Waals surface area contributed by atoms with Gasteiger partial charge < -0.3 is 10.1 Å². The standard InChI is InChI=1S/C14H25NO/c1-11-4-2-8-15-13(11)12-5-9-16-14(10-12)6-3-7-14/h11-13,15H,2-10H2,1H3. The van der Waals surface area contributed by atoms with Gasteiger partial charge in [-0.2, -0.15) is 0 Å². The molecule has 0 amide bonds. The highest BCUT2D eigenvalue weighted by atomic mass is 16.5. The fraction of sp³-hybridized carbons (Fsp3) is 1.00. The van der Waals surface area contributed by atoms with Gasteiger partial charge in [-0.05, 0) is 63.3 Å². The molecule has 1 spiro atoms.